The SMILES string of the molecule is COC(C(=O)NC1(CF)CCN(C(=O)OC(C)(C)C)C1)c1nc(C)nc(NC(C)c2cccc([N+](=O)[O-])c2C)c1C1OCCO1. The molecule has 0 bridgehead atoms. The Morgan fingerprint density at radius 1 is 1.24 bits per heavy atom. The molecule has 2 aliphatic heterocycles. The van der Waals surface area contributed by atoms with E-state index in [0.717, 1.165) is 0 Å². The van der Waals surface area contributed by atoms with E-state index in [9.17, 15) is 24.1 Å². The van der Waals surface area contributed by atoms with E-state index in [2.05, 4.69) is 20.6 Å². The molecular weight excluding hydrogens is 591 g/mol. The van der Waals surface area contributed by atoms with E-state index < -0.39 is 53.2 Å². The first-order valence-corrected chi connectivity index (χ1v) is 14.7. The van der Waals surface area contributed by atoms with Gasteiger partial charge in [0.05, 0.1) is 41.0 Å². The van der Waals surface area contributed by atoms with Gasteiger partial charge < -0.3 is 34.5 Å². The number of nitro groups is 1. The van der Waals surface area contributed by atoms with Gasteiger partial charge in [0.25, 0.3) is 11.6 Å². The van der Waals surface area contributed by atoms with Crippen LogP contribution in [0.2, 0.25) is 0 Å². The summed E-state index contributed by atoms with van der Waals surface area (Å²) in [6, 6.07) is 4.36. The fourth-order valence-electron chi connectivity index (χ4n) is 5.53. The number of hydrogen-bond donors (Lipinski definition) is 2. The molecule has 0 aliphatic carbocycles. The zero-order chi connectivity index (χ0) is 33.1. The maximum Gasteiger partial charge on any atom is 0.410 e. The molecule has 2 amide bonds. The number of rotatable bonds is 10. The van der Waals surface area contributed by atoms with Crippen LogP contribution in [0, 0.1) is 24.0 Å². The third-order valence-corrected chi connectivity index (χ3v) is 7.68. The van der Waals surface area contributed by atoms with Crippen LogP contribution in [0.1, 0.15) is 80.8 Å². The summed E-state index contributed by atoms with van der Waals surface area (Å²) in [4.78, 5) is 48.1. The van der Waals surface area contributed by atoms with Crippen molar-refractivity contribution in [3.05, 3.63) is 56.5 Å². The molecule has 1 aromatic carbocycles. The zero-order valence-electron chi connectivity index (χ0n) is 26.6. The summed E-state index contributed by atoms with van der Waals surface area (Å²) >= 11 is 0. The van der Waals surface area contributed by atoms with Gasteiger partial charge in [0.2, 0.25) is 0 Å². The van der Waals surface area contributed by atoms with E-state index in [4.69, 9.17) is 18.9 Å². The van der Waals surface area contributed by atoms with Crippen LogP contribution in [0.5, 0.6) is 0 Å². The first-order valence-electron chi connectivity index (χ1n) is 14.7. The molecule has 3 unspecified atom stereocenters. The van der Waals surface area contributed by atoms with Crippen LogP contribution < -0.4 is 10.6 Å². The molecule has 0 radical (unpaired) electrons. The minimum absolute atomic E-state index is 0.0153. The molecule has 1 aromatic heterocycles. The molecule has 0 spiro atoms. The van der Waals surface area contributed by atoms with E-state index >= 15 is 0 Å². The Balaban J connectivity index is 1.66. The van der Waals surface area contributed by atoms with Crippen LogP contribution >= 0.6 is 0 Å². The average molecular weight is 633 g/mol. The Labute approximate surface area is 261 Å². The van der Waals surface area contributed by atoms with Gasteiger partial charge in [0.15, 0.2) is 12.4 Å². The molecule has 14 nitrogen and oxygen atoms in total. The fraction of sp³-hybridized carbons (Fsp3) is 0.600. The summed E-state index contributed by atoms with van der Waals surface area (Å²) < 4.78 is 37.3. The van der Waals surface area contributed by atoms with Gasteiger partial charge in [-0.15, -0.1) is 0 Å². The number of nitrogens with one attached hydrogen (secondary N) is 2. The lowest BCUT2D eigenvalue weighted by atomic mass is 9.98. The zero-order valence-corrected chi connectivity index (χ0v) is 26.6. The predicted molar refractivity (Wildman–Crippen MR) is 160 cm³/mol. The lowest BCUT2D eigenvalue weighted by Crippen LogP contribution is -2.54. The quantitative estimate of drug-likeness (QED) is 0.282. The highest BCUT2D eigenvalue weighted by Crippen LogP contribution is 2.37. The fourth-order valence-corrected chi connectivity index (χ4v) is 5.53. The molecule has 3 atom stereocenters. The van der Waals surface area contributed by atoms with Crippen molar-refractivity contribution >= 4 is 23.5 Å². The highest BCUT2D eigenvalue weighted by Gasteiger charge is 2.45. The first kappa shape index (κ1) is 33.9. The van der Waals surface area contributed by atoms with Gasteiger partial charge in [0, 0.05) is 31.8 Å². The molecule has 2 aromatic rings. The monoisotopic (exact) mass is 632 g/mol. The molecule has 2 N–H and O–H groups in total. The topological polar surface area (TPSA) is 167 Å². The van der Waals surface area contributed by atoms with E-state index in [-0.39, 0.29) is 49.9 Å². The van der Waals surface area contributed by atoms with Gasteiger partial charge in [0.1, 0.15) is 23.9 Å². The van der Waals surface area contributed by atoms with Crippen LogP contribution in [-0.4, -0.2) is 83.0 Å². The van der Waals surface area contributed by atoms with Crippen molar-refractivity contribution in [1.29, 1.82) is 0 Å². The normalized spacial score (nSPS) is 20.1. The van der Waals surface area contributed by atoms with Gasteiger partial charge in [-0.3, -0.25) is 14.9 Å². The number of carbonyl (C=O) groups excluding carboxylic acids is 2. The smallest absolute Gasteiger partial charge is 0.410 e. The summed E-state index contributed by atoms with van der Waals surface area (Å²) in [7, 11) is 1.33. The number of halogens is 1. The standard InChI is InChI=1S/C30H41FN6O8/c1-17-20(9-8-10-21(17)37(40)41)18(2)32-25-22(27-43-13-14-44-27)23(33-19(3)34-25)24(42-7)26(38)35-30(15-31)11-12-36(16-30)28(39)45-29(4,5)6/h8-10,18,24,27H,11-16H2,1-7H3,(H,35,38)(H,32,33,34). The summed E-state index contributed by atoms with van der Waals surface area (Å²) in [5.41, 5.74) is -0.484. The number of aryl methyl sites for hydroxylation is 1. The summed E-state index contributed by atoms with van der Waals surface area (Å²) in [5, 5.41) is 17.6. The average Bonchev–Trinajstić information content (AvgIpc) is 3.63. The number of aromatic nitrogens is 2. The van der Waals surface area contributed by atoms with Crippen molar-refractivity contribution in [2.24, 2.45) is 0 Å². The third-order valence-electron chi connectivity index (χ3n) is 7.68. The van der Waals surface area contributed by atoms with Crippen LogP contribution in [-0.2, 0) is 23.7 Å². The largest absolute Gasteiger partial charge is 0.444 e. The second-order valence-corrected chi connectivity index (χ2v) is 12.3. The van der Waals surface area contributed by atoms with Crippen LogP contribution in [0.3, 0.4) is 0 Å². The van der Waals surface area contributed by atoms with Gasteiger partial charge >= 0.3 is 6.09 Å². The number of benzene rings is 1. The predicted octanol–water partition coefficient (Wildman–Crippen LogP) is 4.37. The number of methoxy groups -OCH3 is 1. The van der Waals surface area contributed by atoms with Gasteiger partial charge in [-0.05, 0) is 53.5 Å². The molecule has 2 saturated heterocycles. The number of nitro benzene ring substituents is 1. The minimum atomic E-state index is -1.36. The molecule has 246 valence electrons. The van der Waals surface area contributed by atoms with E-state index in [1.807, 2.05) is 6.92 Å². The van der Waals surface area contributed by atoms with Crippen molar-refractivity contribution in [2.45, 2.75) is 77.5 Å². The number of carbonyl (C=O) groups is 2. The summed E-state index contributed by atoms with van der Waals surface area (Å²) in [6.07, 6.45) is -2.70. The van der Waals surface area contributed by atoms with E-state index in [0.29, 0.717) is 22.5 Å². The summed E-state index contributed by atoms with van der Waals surface area (Å²) in [6.45, 7) is 10.1. The maximum atomic E-state index is 14.6. The molecule has 3 heterocycles. The molecule has 2 aliphatic rings. The third kappa shape index (κ3) is 7.65. The van der Waals surface area contributed by atoms with Crippen molar-refractivity contribution < 1.29 is 37.9 Å². The minimum Gasteiger partial charge on any atom is -0.444 e. The van der Waals surface area contributed by atoms with Crippen molar-refractivity contribution in [3.63, 3.8) is 0 Å². The number of amides is 2. The Hall–Kier alpha value is -3.95. The lowest BCUT2D eigenvalue weighted by molar-refractivity contribution is -0.385. The number of hydrogen-bond acceptors (Lipinski definition) is 11. The van der Waals surface area contributed by atoms with Crippen molar-refractivity contribution in [1.82, 2.24) is 20.2 Å². The second kappa shape index (κ2) is 13.6. The number of nitrogens with zero attached hydrogens (tertiary/aromatic N) is 4. The molecular formula is C30H41FN6O8. The highest BCUT2D eigenvalue weighted by atomic mass is 19.1. The summed E-state index contributed by atoms with van der Waals surface area (Å²) in [5.74, 6) is -0.0916. The van der Waals surface area contributed by atoms with Crippen LogP contribution in [0.4, 0.5) is 20.7 Å². The number of ether oxygens (including phenoxy) is 4. The Morgan fingerprint density at radius 2 is 1.93 bits per heavy atom. The molecule has 15 heteroatoms. The molecule has 45 heavy (non-hydrogen) atoms. The van der Waals surface area contributed by atoms with Gasteiger partial charge in [-0.2, -0.15) is 0 Å². The van der Waals surface area contributed by atoms with Gasteiger partial charge in [-0.1, -0.05) is 12.1 Å². The molecule has 2 fully saturated rings. The Bertz CT molecular complexity index is 1430. The number of alkyl halides is 1. The molecule has 4 rings (SSSR count). The highest BCUT2D eigenvalue weighted by molar-refractivity contribution is 5.83. The number of anilines is 1. The number of likely N-dealkylation sites (tertiary alicyclic amines) is 1. The maximum absolute atomic E-state index is 14.6. The first-order chi connectivity index (χ1) is 21.2. The van der Waals surface area contributed by atoms with Crippen LogP contribution in [0.15, 0.2) is 18.2 Å². The van der Waals surface area contributed by atoms with E-state index in [1.165, 1.54) is 18.1 Å². The van der Waals surface area contributed by atoms with Crippen molar-refractivity contribution in [3.8, 4) is 0 Å². The van der Waals surface area contributed by atoms with Crippen molar-refractivity contribution in [2.75, 3.05) is 45.4 Å². The van der Waals surface area contributed by atoms with E-state index in [1.54, 1.807) is 46.8 Å². The molecule has 0 saturated carbocycles. The Kier molecular flexibility index (Phi) is 10.2. The second-order valence-electron chi connectivity index (χ2n) is 12.3. The van der Waals surface area contributed by atoms with Gasteiger partial charge in [-0.25, -0.2) is 19.2 Å². The lowest BCUT2D eigenvalue weighted by Gasteiger charge is -2.31. The van der Waals surface area contributed by atoms with Crippen LogP contribution in [0.25, 0.3) is 0 Å². The Morgan fingerprint density at radius 3 is 2.53 bits per heavy atom.